The molecule has 176 valence electrons. The van der Waals surface area contributed by atoms with Crippen LogP contribution >= 0.6 is 0 Å². The molecule has 0 unspecified atom stereocenters. The average Bonchev–Trinajstić information content (AvgIpc) is 3.44. The van der Waals surface area contributed by atoms with Crippen molar-refractivity contribution in [2.75, 3.05) is 6.54 Å². The van der Waals surface area contributed by atoms with Gasteiger partial charge in [0, 0.05) is 41.8 Å². The summed E-state index contributed by atoms with van der Waals surface area (Å²) >= 11 is 0. The maximum atomic E-state index is 12.5. The lowest BCUT2D eigenvalue weighted by molar-refractivity contribution is 0.0224. The Morgan fingerprint density at radius 3 is 2.76 bits per heavy atom. The number of nitrogens with zero attached hydrogens (tertiary/aromatic N) is 5. The molecule has 2 aromatic carbocycles. The molecule has 0 aliphatic carbocycles. The Kier molecular flexibility index (Phi) is 5.38. The molecular weight excluding hydrogens is 430 g/mol. The first kappa shape index (κ1) is 22.1. The molecule has 8 nitrogen and oxygen atoms in total. The minimum atomic E-state index is -0.517. The molecule has 0 radical (unpaired) electrons. The molecule has 5 rings (SSSR count). The Morgan fingerprint density at radius 1 is 1.18 bits per heavy atom. The highest BCUT2D eigenvalue weighted by Gasteiger charge is 2.27. The molecule has 0 bridgehead atoms. The Bertz CT molecular complexity index is 1360. The molecule has 4 aromatic rings. The molecule has 0 saturated carbocycles. The van der Waals surface area contributed by atoms with Crippen molar-refractivity contribution < 1.29 is 14.1 Å². The number of carbonyl (C=O) groups is 1. The molecule has 8 heteroatoms. The van der Waals surface area contributed by atoms with E-state index < -0.39 is 5.60 Å². The fourth-order valence-electron chi connectivity index (χ4n) is 4.19. The molecule has 0 saturated heterocycles. The van der Waals surface area contributed by atoms with Gasteiger partial charge in [-0.2, -0.15) is 10.1 Å². The summed E-state index contributed by atoms with van der Waals surface area (Å²) in [7, 11) is 0. The van der Waals surface area contributed by atoms with E-state index in [2.05, 4.69) is 24.1 Å². The van der Waals surface area contributed by atoms with Gasteiger partial charge in [0.05, 0.1) is 5.52 Å². The third kappa shape index (κ3) is 4.27. The highest BCUT2D eigenvalue weighted by atomic mass is 16.6. The van der Waals surface area contributed by atoms with E-state index in [0.717, 1.165) is 33.2 Å². The Hall–Kier alpha value is -3.68. The number of benzene rings is 2. The standard InChI is InChI=1S/C26H29N5O3/c1-16(2)31-15-19-13-17(9-10-22(19)28-31)24-27-23(29-34-24)21-8-6-7-18-14-30(12-11-20(18)21)25(32)33-26(3,4)5/h6-10,13,15-16H,11-12,14H2,1-5H3. The van der Waals surface area contributed by atoms with E-state index >= 15 is 0 Å². The summed E-state index contributed by atoms with van der Waals surface area (Å²) in [4.78, 5) is 19.0. The zero-order valence-corrected chi connectivity index (χ0v) is 20.2. The van der Waals surface area contributed by atoms with Crippen molar-refractivity contribution in [1.82, 2.24) is 24.8 Å². The summed E-state index contributed by atoms with van der Waals surface area (Å²) < 4.78 is 13.1. The smallest absolute Gasteiger partial charge is 0.410 e. The summed E-state index contributed by atoms with van der Waals surface area (Å²) in [5.41, 5.74) is 4.42. The van der Waals surface area contributed by atoms with Crippen molar-refractivity contribution in [3.63, 3.8) is 0 Å². The second-order valence-electron chi connectivity index (χ2n) is 9.99. The fraction of sp³-hybridized carbons (Fsp3) is 0.385. The van der Waals surface area contributed by atoms with E-state index in [1.165, 1.54) is 0 Å². The van der Waals surface area contributed by atoms with Gasteiger partial charge in [0.25, 0.3) is 5.89 Å². The van der Waals surface area contributed by atoms with Crippen LogP contribution in [0.5, 0.6) is 0 Å². The summed E-state index contributed by atoms with van der Waals surface area (Å²) in [6, 6.07) is 12.3. The van der Waals surface area contributed by atoms with Crippen LogP contribution < -0.4 is 0 Å². The SMILES string of the molecule is CC(C)n1cc2cc(-c3nc(-c4cccc5c4CCN(C(=O)OC(C)(C)C)C5)no3)ccc2n1. The lowest BCUT2D eigenvalue weighted by atomic mass is 9.94. The normalized spacial score (nSPS) is 14.0. The van der Waals surface area contributed by atoms with Crippen LogP contribution in [0.1, 0.15) is 51.8 Å². The lowest BCUT2D eigenvalue weighted by Crippen LogP contribution is -2.40. The van der Waals surface area contributed by atoms with Crippen molar-refractivity contribution in [3.8, 4) is 22.8 Å². The number of aromatic nitrogens is 4. The van der Waals surface area contributed by atoms with Crippen LogP contribution in [0.25, 0.3) is 33.7 Å². The first-order valence-corrected chi connectivity index (χ1v) is 11.6. The Labute approximate surface area is 198 Å². The highest BCUT2D eigenvalue weighted by Crippen LogP contribution is 2.31. The summed E-state index contributed by atoms with van der Waals surface area (Å²) in [6.45, 7) is 10.9. The van der Waals surface area contributed by atoms with Crippen molar-refractivity contribution >= 4 is 17.0 Å². The highest BCUT2D eigenvalue weighted by molar-refractivity contribution is 5.83. The predicted octanol–water partition coefficient (Wildman–Crippen LogP) is 5.63. The molecule has 1 amide bonds. The van der Waals surface area contributed by atoms with Gasteiger partial charge in [-0.25, -0.2) is 4.79 Å². The number of hydrogen-bond acceptors (Lipinski definition) is 6. The molecule has 1 aliphatic heterocycles. The van der Waals surface area contributed by atoms with E-state index in [0.29, 0.717) is 37.3 Å². The second kappa shape index (κ2) is 8.27. The van der Waals surface area contributed by atoms with Gasteiger partial charge in [-0.15, -0.1) is 0 Å². The minimum absolute atomic E-state index is 0.290. The van der Waals surface area contributed by atoms with E-state index in [-0.39, 0.29) is 6.09 Å². The second-order valence-corrected chi connectivity index (χ2v) is 9.99. The molecule has 3 heterocycles. The van der Waals surface area contributed by atoms with Gasteiger partial charge >= 0.3 is 6.09 Å². The lowest BCUT2D eigenvalue weighted by Gasteiger charge is -2.31. The topological polar surface area (TPSA) is 86.3 Å². The minimum Gasteiger partial charge on any atom is -0.444 e. The maximum absolute atomic E-state index is 12.5. The molecule has 0 spiro atoms. The van der Waals surface area contributed by atoms with Crippen molar-refractivity contribution in [2.45, 2.75) is 59.2 Å². The number of fused-ring (bicyclic) bond motifs is 2. The van der Waals surface area contributed by atoms with Crippen LogP contribution in [-0.2, 0) is 17.7 Å². The Morgan fingerprint density at radius 2 is 2.00 bits per heavy atom. The maximum Gasteiger partial charge on any atom is 0.410 e. The number of rotatable bonds is 3. The molecule has 0 atom stereocenters. The monoisotopic (exact) mass is 459 g/mol. The molecule has 1 aliphatic rings. The molecule has 34 heavy (non-hydrogen) atoms. The number of amides is 1. The molecular formula is C26H29N5O3. The summed E-state index contributed by atoms with van der Waals surface area (Å²) in [6.07, 6.45) is 2.45. The van der Waals surface area contributed by atoms with Crippen LogP contribution in [0.3, 0.4) is 0 Å². The van der Waals surface area contributed by atoms with Gasteiger partial charge in [-0.05, 0) is 70.4 Å². The van der Waals surface area contributed by atoms with Gasteiger partial charge in [-0.1, -0.05) is 23.4 Å². The van der Waals surface area contributed by atoms with Gasteiger partial charge in [-0.3, -0.25) is 4.68 Å². The fourth-order valence-corrected chi connectivity index (χ4v) is 4.19. The van der Waals surface area contributed by atoms with Gasteiger partial charge in [0.1, 0.15) is 5.60 Å². The largest absolute Gasteiger partial charge is 0.444 e. The van der Waals surface area contributed by atoms with Gasteiger partial charge < -0.3 is 14.2 Å². The van der Waals surface area contributed by atoms with Crippen LogP contribution in [0, 0.1) is 0 Å². The van der Waals surface area contributed by atoms with Crippen LogP contribution in [0.4, 0.5) is 4.79 Å². The first-order chi connectivity index (χ1) is 16.2. The quantitative estimate of drug-likeness (QED) is 0.395. The van der Waals surface area contributed by atoms with E-state index in [1.54, 1.807) is 4.90 Å². The molecule has 0 N–H and O–H groups in total. The van der Waals surface area contributed by atoms with Crippen molar-refractivity contribution in [3.05, 3.63) is 53.7 Å². The van der Waals surface area contributed by atoms with E-state index in [1.807, 2.05) is 68.0 Å². The molecule has 2 aromatic heterocycles. The van der Waals surface area contributed by atoms with E-state index in [4.69, 9.17) is 14.2 Å². The third-order valence-corrected chi connectivity index (χ3v) is 5.88. The van der Waals surface area contributed by atoms with Crippen LogP contribution in [0.15, 0.2) is 47.1 Å². The zero-order valence-electron chi connectivity index (χ0n) is 20.2. The van der Waals surface area contributed by atoms with Gasteiger partial charge in [0.2, 0.25) is 5.82 Å². The average molecular weight is 460 g/mol. The van der Waals surface area contributed by atoms with Crippen molar-refractivity contribution in [2.24, 2.45) is 0 Å². The predicted molar refractivity (Wildman–Crippen MR) is 129 cm³/mol. The summed E-state index contributed by atoms with van der Waals surface area (Å²) in [5, 5.41) is 9.91. The van der Waals surface area contributed by atoms with Gasteiger partial charge in [0.15, 0.2) is 0 Å². The number of hydrogen-bond donors (Lipinski definition) is 0. The van der Waals surface area contributed by atoms with Crippen LogP contribution in [-0.4, -0.2) is 43.1 Å². The summed E-state index contributed by atoms with van der Waals surface area (Å²) in [5.74, 6) is 1.02. The first-order valence-electron chi connectivity index (χ1n) is 11.6. The van der Waals surface area contributed by atoms with Crippen molar-refractivity contribution in [1.29, 1.82) is 0 Å². The number of carbonyl (C=O) groups excluding carboxylic acids is 1. The third-order valence-electron chi connectivity index (χ3n) is 5.88. The van der Waals surface area contributed by atoms with E-state index in [9.17, 15) is 4.79 Å². The van der Waals surface area contributed by atoms with Crippen LogP contribution in [0.2, 0.25) is 0 Å². The zero-order chi connectivity index (χ0) is 24.0. The number of ether oxygens (including phenoxy) is 1. The molecule has 0 fully saturated rings. The Balaban J connectivity index is 1.41.